The summed E-state index contributed by atoms with van der Waals surface area (Å²) in [4.78, 5) is 14.0. The van der Waals surface area contributed by atoms with Crippen molar-refractivity contribution in [3.63, 3.8) is 0 Å². The van der Waals surface area contributed by atoms with Gasteiger partial charge < -0.3 is 15.5 Å². The van der Waals surface area contributed by atoms with E-state index in [-0.39, 0.29) is 5.91 Å². The minimum atomic E-state index is 0.145. The van der Waals surface area contributed by atoms with Crippen LogP contribution in [0, 0.1) is 0 Å². The zero-order valence-electron chi connectivity index (χ0n) is 12.0. The Kier molecular flexibility index (Phi) is 6.21. The summed E-state index contributed by atoms with van der Waals surface area (Å²) >= 11 is 1.92. The molecule has 2 N–H and O–H groups in total. The summed E-state index contributed by atoms with van der Waals surface area (Å²) in [6.45, 7) is 2.52. The number of nitrogens with one attached hydrogen (secondary N) is 2. The Hall–Kier alpha value is -1.20. The zero-order chi connectivity index (χ0) is 14.2. The standard InChI is InChI=1S/C15H23N3OS/c1-18(14-5-3-2-4-6-14)9-7-17-15(19)11-13-12-20-10-8-16-13/h2-6,13,16H,7-12H2,1H3,(H,17,19). The first-order chi connectivity index (χ1) is 9.75. The minimum absolute atomic E-state index is 0.145. The van der Waals surface area contributed by atoms with E-state index in [0.717, 1.165) is 24.6 Å². The highest BCUT2D eigenvalue weighted by atomic mass is 32.2. The van der Waals surface area contributed by atoms with Gasteiger partial charge in [0.05, 0.1) is 0 Å². The SMILES string of the molecule is CN(CCNC(=O)CC1CSCCN1)c1ccccc1. The van der Waals surface area contributed by atoms with Gasteiger partial charge in [-0.1, -0.05) is 18.2 Å². The maximum absolute atomic E-state index is 11.9. The number of hydrogen-bond donors (Lipinski definition) is 2. The third kappa shape index (κ3) is 5.06. The lowest BCUT2D eigenvalue weighted by Gasteiger charge is -2.23. The number of carbonyl (C=O) groups is 1. The lowest BCUT2D eigenvalue weighted by atomic mass is 10.2. The molecular formula is C15H23N3OS. The van der Waals surface area contributed by atoms with Gasteiger partial charge >= 0.3 is 0 Å². The Labute approximate surface area is 125 Å². The molecule has 0 aliphatic carbocycles. The van der Waals surface area contributed by atoms with E-state index in [2.05, 4.69) is 27.7 Å². The van der Waals surface area contributed by atoms with Crippen molar-refractivity contribution >= 4 is 23.4 Å². The van der Waals surface area contributed by atoms with Crippen LogP contribution in [0.2, 0.25) is 0 Å². The first kappa shape index (κ1) is 15.2. The molecule has 1 atom stereocenters. The Bertz CT molecular complexity index is 407. The van der Waals surface area contributed by atoms with Crippen molar-refractivity contribution < 1.29 is 4.79 Å². The van der Waals surface area contributed by atoms with Crippen molar-refractivity contribution in [3.8, 4) is 0 Å². The molecule has 110 valence electrons. The predicted octanol–water partition coefficient (Wildman–Crippen LogP) is 1.33. The quantitative estimate of drug-likeness (QED) is 0.831. The summed E-state index contributed by atoms with van der Waals surface area (Å²) in [5, 5.41) is 6.38. The molecule has 0 saturated carbocycles. The van der Waals surface area contributed by atoms with Gasteiger partial charge in [-0.15, -0.1) is 0 Å². The zero-order valence-corrected chi connectivity index (χ0v) is 12.8. The van der Waals surface area contributed by atoms with E-state index in [9.17, 15) is 4.79 Å². The van der Waals surface area contributed by atoms with Crippen molar-refractivity contribution in [3.05, 3.63) is 30.3 Å². The van der Waals surface area contributed by atoms with Gasteiger partial charge in [-0.2, -0.15) is 11.8 Å². The van der Waals surface area contributed by atoms with Gasteiger partial charge in [-0.25, -0.2) is 0 Å². The molecular weight excluding hydrogens is 270 g/mol. The monoisotopic (exact) mass is 293 g/mol. The normalized spacial score (nSPS) is 18.6. The van der Waals surface area contributed by atoms with Crippen molar-refractivity contribution in [2.24, 2.45) is 0 Å². The molecule has 1 saturated heterocycles. The van der Waals surface area contributed by atoms with E-state index in [0.29, 0.717) is 19.0 Å². The van der Waals surface area contributed by atoms with Crippen LogP contribution < -0.4 is 15.5 Å². The van der Waals surface area contributed by atoms with Crippen LogP contribution in [0.1, 0.15) is 6.42 Å². The molecule has 1 aromatic carbocycles. The van der Waals surface area contributed by atoms with Crippen molar-refractivity contribution in [1.29, 1.82) is 0 Å². The number of amides is 1. The van der Waals surface area contributed by atoms with E-state index in [4.69, 9.17) is 0 Å². The Morgan fingerprint density at radius 2 is 2.25 bits per heavy atom. The molecule has 0 spiro atoms. The summed E-state index contributed by atoms with van der Waals surface area (Å²) in [6.07, 6.45) is 0.585. The van der Waals surface area contributed by atoms with Gasteiger partial charge in [0.2, 0.25) is 5.91 Å². The summed E-state index contributed by atoms with van der Waals surface area (Å²) in [5.74, 6) is 2.34. The minimum Gasteiger partial charge on any atom is -0.373 e. The van der Waals surface area contributed by atoms with E-state index in [1.807, 2.05) is 37.0 Å². The second-order valence-corrected chi connectivity index (χ2v) is 6.19. The second-order valence-electron chi connectivity index (χ2n) is 5.04. The van der Waals surface area contributed by atoms with Gasteiger partial charge in [0, 0.05) is 56.3 Å². The van der Waals surface area contributed by atoms with E-state index >= 15 is 0 Å². The van der Waals surface area contributed by atoms with Crippen LogP contribution in [0.3, 0.4) is 0 Å². The van der Waals surface area contributed by atoms with Gasteiger partial charge in [-0.05, 0) is 12.1 Å². The predicted molar refractivity (Wildman–Crippen MR) is 86.5 cm³/mol. The van der Waals surface area contributed by atoms with Crippen molar-refractivity contribution in [2.75, 3.05) is 43.1 Å². The molecule has 1 aliphatic heterocycles. The largest absolute Gasteiger partial charge is 0.373 e. The molecule has 1 amide bonds. The number of rotatable bonds is 6. The number of para-hydroxylation sites is 1. The van der Waals surface area contributed by atoms with Crippen molar-refractivity contribution in [1.82, 2.24) is 10.6 Å². The molecule has 20 heavy (non-hydrogen) atoms. The lowest BCUT2D eigenvalue weighted by molar-refractivity contribution is -0.121. The highest BCUT2D eigenvalue weighted by molar-refractivity contribution is 7.99. The fourth-order valence-corrected chi connectivity index (χ4v) is 3.17. The number of anilines is 1. The molecule has 2 rings (SSSR count). The highest BCUT2D eigenvalue weighted by Gasteiger charge is 2.16. The van der Waals surface area contributed by atoms with Crippen LogP contribution in [0.5, 0.6) is 0 Å². The molecule has 0 bridgehead atoms. The van der Waals surface area contributed by atoms with Crippen LogP contribution in [-0.2, 0) is 4.79 Å². The van der Waals surface area contributed by atoms with E-state index < -0.39 is 0 Å². The number of nitrogens with zero attached hydrogens (tertiary/aromatic N) is 1. The average Bonchev–Trinajstić information content (AvgIpc) is 2.49. The van der Waals surface area contributed by atoms with Gasteiger partial charge in [0.15, 0.2) is 0 Å². The molecule has 0 radical (unpaired) electrons. The molecule has 0 aromatic heterocycles. The summed E-state index contributed by atoms with van der Waals surface area (Å²) in [5.41, 5.74) is 1.17. The van der Waals surface area contributed by atoms with E-state index in [1.165, 1.54) is 5.69 Å². The van der Waals surface area contributed by atoms with Crippen LogP contribution >= 0.6 is 11.8 Å². The van der Waals surface area contributed by atoms with E-state index in [1.54, 1.807) is 0 Å². The first-order valence-electron chi connectivity index (χ1n) is 7.10. The number of thioether (sulfide) groups is 1. The highest BCUT2D eigenvalue weighted by Crippen LogP contribution is 2.11. The summed E-state index contributed by atoms with van der Waals surface area (Å²) < 4.78 is 0. The molecule has 1 fully saturated rings. The fourth-order valence-electron chi connectivity index (χ4n) is 2.22. The Morgan fingerprint density at radius 3 is 2.95 bits per heavy atom. The van der Waals surface area contributed by atoms with Gasteiger partial charge in [-0.3, -0.25) is 4.79 Å². The molecule has 1 aliphatic rings. The number of benzene rings is 1. The third-order valence-electron chi connectivity index (χ3n) is 3.40. The molecule has 1 unspecified atom stereocenters. The van der Waals surface area contributed by atoms with Crippen LogP contribution in [-0.4, -0.2) is 50.1 Å². The number of carbonyl (C=O) groups excluding carboxylic acids is 1. The van der Waals surface area contributed by atoms with Gasteiger partial charge in [0.25, 0.3) is 0 Å². The Morgan fingerprint density at radius 1 is 1.45 bits per heavy atom. The average molecular weight is 293 g/mol. The fraction of sp³-hybridized carbons (Fsp3) is 0.533. The summed E-state index contributed by atoms with van der Waals surface area (Å²) in [7, 11) is 2.04. The molecule has 5 heteroatoms. The van der Waals surface area contributed by atoms with Crippen LogP contribution in [0.15, 0.2) is 30.3 Å². The maximum atomic E-state index is 11.9. The van der Waals surface area contributed by atoms with Crippen LogP contribution in [0.4, 0.5) is 5.69 Å². The number of likely N-dealkylation sites (N-methyl/N-ethyl adjacent to an activating group) is 1. The molecule has 1 heterocycles. The van der Waals surface area contributed by atoms with Gasteiger partial charge in [0.1, 0.15) is 0 Å². The second kappa shape index (κ2) is 8.17. The van der Waals surface area contributed by atoms with Crippen LogP contribution in [0.25, 0.3) is 0 Å². The number of hydrogen-bond acceptors (Lipinski definition) is 4. The lowest BCUT2D eigenvalue weighted by Crippen LogP contribution is -2.42. The third-order valence-corrected chi connectivity index (χ3v) is 4.53. The summed E-state index contributed by atoms with van der Waals surface area (Å²) in [6, 6.07) is 10.5. The topological polar surface area (TPSA) is 44.4 Å². The molecule has 4 nitrogen and oxygen atoms in total. The Balaban J connectivity index is 1.63. The maximum Gasteiger partial charge on any atom is 0.221 e. The first-order valence-corrected chi connectivity index (χ1v) is 8.25. The molecule has 1 aromatic rings. The smallest absolute Gasteiger partial charge is 0.221 e. The van der Waals surface area contributed by atoms with Crippen molar-refractivity contribution in [2.45, 2.75) is 12.5 Å².